The van der Waals surface area contributed by atoms with Crippen molar-refractivity contribution in [1.82, 2.24) is 5.32 Å². The molecule has 3 saturated carbocycles. The molecule has 0 aliphatic heterocycles. The second kappa shape index (κ2) is 4.60. The molecule has 3 aliphatic carbocycles. The number of aliphatic hydroxyl groups excluding tert-OH is 1. The van der Waals surface area contributed by atoms with Crippen LogP contribution in [-0.2, 0) is 4.79 Å². The van der Waals surface area contributed by atoms with E-state index < -0.39 is 0 Å². The number of amides is 1. The molecule has 3 heteroatoms. The highest BCUT2D eigenvalue weighted by atomic mass is 16.3. The maximum absolute atomic E-state index is 11.9. The van der Waals surface area contributed by atoms with Crippen LogP contribution in [0.1, 0.15) is 51.4 Å². The molecule has 3 unspecified atom stereocenters. The van der Waals surface area contributed by atoms with E-state index in [1.807, 2.05) is 0 Å². The summed E-state index contributed by atoms with van der Waals surface area (Å²) in [7, 11) is 0. The highest BCUT2D eigenvalue weighted by Crippen LogP contribution is 2.49. The molecular weight excluding hydrogens is 214 g/mol. The Kier molecular flexibility index (Phi) is 3.12. The van der Waals surface area contributed by atoms with Crippen molar-refractivity contribution in [2.24, 2.45) is 17.8 Å². The van der Waals surface area contributed by atoms with Crippen molar-refractivity contribution in [3.8, 4) is 0 Å². The molecule has 0 heterocycles. The van der Waals surface area contributed by atoms with E-state index >= 15 is 0 Å². The number of nitrogens with one attached hydrogen (secondary N) is 1. The number of hydrogen-bond donors (Lipinski definition) is 2. The quantitative estimate of drug-likeness (QED) is 0.787. The average Bonchev–Trinajstić information content (AvgIpc) is 2.95. The molecule has 3 fully saturated rings. The Labute approximate surface area is 103 Å². The van der Waals surface area contributed by atoms with Gasteiger partial charge < -0.3 is 10.4 Å². The van der Waals surface area contributed by atoms with Gasteiger partial charge in [-0.1, -0.05) is 6.42 Å². The third-order valence-corrected chi connectivity index (χ3v) is 5.10. The number of rotatable bonds is 3. The van der Waals surface area contributed by atoms with E-state index in [0.29, 0.717) is 5.92 Å². The van der Waals surface area contributed by atoms with E-state index in [0.717, 1.165) is 37.5 Å². The number of carbonyl (C=O) groups excluding carboxylic acids is 1. The SMILES string of the molecule is O=C(CC1CC2CCC1C2)N[C@H]1CC[C@@H](O)C1. The van der Waals surface area contributed by atoms with Crippen molar-refractivity contribution in [3.63, 3.8) is 0 Å². The third kappa shape index (κ3) is 2.49. The molecule has 2 bridgehead atoms. The van der Waals surface area contributed by atoms with Gasteiger partial charge in [-0.05, 0) is 56.3 Å². The Morgan fingerprint density at radius 3 is 2.59 bits per heavy atom. The Morgan fingerprint density at radius 2 is 2.00 bits per heavy atom. The summed E-state index contributed by atoms with van der Waals surface area (Å²) in [5.74, 6) is 2.63. The lowest BCUT2D eigenvalue weighted by Gasteiger charge is -2.22. The zero-order chi connectivity index (χ0) is 11.8. The molecule has 96 valence electrons. The molecule has 3 nitrogen and oxygen atoms in total. The fraction of sp³-hybridized carbons (Fsp3) is 0.929. The average molecular weight is 237 g/mol. The number of hydrogen-bond acceptors (Lipinski definition) is 2. The van der Waals surface area contributed by atoms with Crippen LogP contribution in [0.25, 0.3) is 0 Å². The van der Waals surface area contributed by atoms with Crippen LogP contribution in [0.15, 0.2) is 0 Å². The van der Waals surface area contributed by atoms with Gasteiger partial charge in [-0.25, -0.2) is 0 Å². The second-order valence-corrected chi connectivity index (χ2v) is 6.37. The summed E-state index contributed by atoms with van der Waals surface area (Å²) in [6, 6.07) is 0.232. The lowest BCUT2D eigenvalue weighted by molar-refractivity contribution is -0.123. The van der Waals surface area contributed by atoms with Gasteiger partial charge in [0.25, 0.3) is 0 Å². The molecule has 3 rings (SSSR count). The van der Waals surface area contributed by atoms with Gasteiger partial charge in [0.2, 0.25) is 5.91 Å². The van der Waals surface area contributed by atoms with Crippen molar-refractivity contribution in [2.45, 2.75) is 63.5 Å². The van der Waals surface area contributed by atoms with Crippen molar-refractivity contribution >= 4 is 5.91 Å². The standard InChI is InChI=1S/C14H23NO2/c16-13-4-3-12(8-13)15-14(17)7-11-6-9-1-2-10(11)5-9/h9-13,16H,1-8H2,(H,15,17)/t9?,10?,11?,12-,13+/m0/s1. The van der Waals surface area contributed by atoms with Gasteiger partial charge in [0, 0.05) is 12.5 Å². The van der Waals surface area contributed by atoms with E-state index in [2.05, 4.69) is 5.32 Å². The van der Waals surface area contributed by atoms with Crippen LogP contribution in [0.5, 0.6) is 0 Å². The van der Waals surface area contributed by atoms with Crippen molar-refractivity contribution in [3.05, 3.63) is 0 Å². The summed E-state index contributed by atoms with van der Waals surface area (Å²) >= 11 is 0. The predicted octanol–water partition coefficient (Wildman–Crippen LogP) is 1.84. The van der Waals surface area contributed by atoms with Gasteiger partial charge >= 0.3 is 0 Å². The summed E-state index contributed by atoms with van der Waals surface area (Å²) in [6.07, 6.45) is 8.50. The molecule has 5 atom stereocenters. The molecule has 3 aliphatic rings. The lowest BCUT2D eigenvalue weighted by atomic mass is 9.86. The molecule has 0 aromatic carbocycles. The first-order chi connectivity index (χ1) is 8.20. The molecule has 0 saturated heterocycles. The van der Waals surface area contributed by atoms with Crippen molar-refractivity contribution in [2.75, 3.05) is 0 Å². The maximum Gasteiger partial charge on any atom is 0.220 e. The number of carbonyl (C=O) groups is 1. The molecule has 0 aromatic heterocycles. The van der Waals surface area contributed by atoms with Crippen LogP contribution in [0.3, 0.4) is 0 Å². The highest BCUT2D eigenvalue weighted by molar-refractivity contribution is 5.76. The first-order valence-electron chi connectivity index (χ1n) is 7.18. The first kappa shape index (κ1) is 11.5. The zero-order valence-electron chi connectivity index (χ0n) is 10.4. The lowest BCUT2D eigenvalue weighted by Crippen LogP contribution is -2.35. The first-order valence-corrected chi connectivity index (χ1v) is 7.18. The van der Waals surface area contributed by atoms with Crippen LogP contribution in [0.2, 0.25) is 0 Å². The van der Waals surface area contributed by atoms with E-state index in [-0.39, 0.29) is 18.1 Å². The number of aliphatic hydroxyl groups is 1. The minimum atomic E-state index is -0.192. The zero-order valence-corrected chi connectivity index (χ0v) is 10.4. The van der Waals surface area contributed by atoms with Crippen LogP contribution >= 0.6 is 0 Å². The van der Waals surface area contributed by atoms with Gasteiger partial charge in [-0.2, -0.15) is 0 Å². The topological polar surface area (TPSA) is 49.3 Å². The fourth-order valence-electron chi connectivity index (χ4n) is 4.24. The molecule has 0 radical (unpaired) electrons. The minimum Gasteiger partial charge on any atom is -0.393 e. The molecule has 1 amide bonds. The van der Waals surface area contributed by atoms with Gasteiger partial charge in [0.15, 0.2) is 0 Å². The summed E-state index contributed by atoms with van der Waals surface area (Å²) in [5, 5.41) is 12.5. The number of fused-ring (bicyclic) bond motifs is 2. The maximum atomic E-state index is 11.9. The highest BCUT2D eigenvalue weighted by Gasteiger charge is 2.40. The van der Waals surface area contributed by atoms with Crippen molar-refractivity contribution in [1.29, 1.82) is 0 Å². The molecule has 2 N–H and O–H groups in total. The third-order valence-electron chi connectivity index (χ3n) is 5.10. The van der Waals surface area contributed by atoms with Crippen molar-refractivity contribution < 1.29 is 9.90 Å². The largest absolute Gasteiger partial charge is 0.393 e. The molecule has 0 aromatic rings. The summed E-state index contributed by atoms with van der Waals surface area (Å²) in [6.45, 7) is 0. The van der Waals surface area contributed by atoms with Gasteiger partial charge in [0.05, 0.1) is 6.10 Å². The minimum absolute atomic E-state index is 0.192. The van der Waals surface area contributed by atoms with E-state index in [1.54, 1.807) is 0 Å². The van der Waals surface area contributed by atoms with Gasteiger partial charge in [-0.3, -0.25) is 4.79 Å². The smallest absolute Gasteiger partial charge is 0.220 e. The molecule has 0 spiro atoms. The Bertz CT molecular complexity index is 305. The van der Waals surface area contributed by atoms with Gasteiger partial charge in [-0.15, -0.1) is 0 Å². The van der Waals surface area contributed by atoms with E-state index in [9.17, 15) is 9.90 Å². The predicted molar refractivity (Wildman–Crippen MR) is 65.3 cm³/mol. The normalized spacial score (nSPS) is 44.2. The fourth-order valence-corrected chi connectivity index (χ4v) is 4.24. The van der Waals surface area contributed by atoms with E-state index in [1.165, 1.54) is 25.7 Å². The monoisotopic (exact) mass is 237 g/mol. The summed E-state index contributed by atoms with van der Waals surface area (Å²) in [5.41, 5.74) is 0. The Hall–Kier alpha value is -0.570. The van der Waals surface area contributed by atoms with Crippen LogP contribution in [0.4, 0.5) is 0 Å². The molecular formula is C14H23NO2. The summed E-state index contributed by atoms with van der Waals surface area (Å²) < 4.78 is 0. The van der Waals surface area contributed by atoms with Crippen LogP contribution in [-0.4, -0.2) is 23.2 Å². The molecule has 17 heavy (non-hydrogen) atoms. The Morgan fingerprint density at radius 1 is 1.12 bits per heavy atom. The summed E-state index contributed by atoms with van der Waals surface area (Å²) in [4.78, 5) is 11.9. The second-order valence-electron chi connectivity index (χ2n) is 6.37. The Balaban J connectivity index is 1.44. The van der Waals surface area contributed by atoms with Crippen LogP contribution in [0, 0.1) is 17.8 Å². The van der Waals surface area contributed by atoms with Gasteiger partial charge in [0.1, 0.15) is 0 Å². The van der Waals surface area contributed by atoms with Crippen LogP contribution < -0.4 is 5.32 Å². The van der Waals surface area contributed by atoms with E-state index in [4.69, 9.17) is 0 Å².